The van der Waals surface area contributed by atoms with Crippen LogP contribution < -0.4 is 15.0 Å². The van der Waals surface area contributed by atoms with E-state index in [0.29, 0.717) is 28.7 Å². The van der Waals surface area contributed by atoms with Crippen molar-refractivity contribution >= 4 is 34.8 Å². The molecule has 1 N–H and O–H groups in total. The Kier molecular flexibility index (Phi) is 5.68. The van der Waals surface area contributed by atoms with E-state index in [4.69, 9.17) is 16.3 Å². The van der Waals surface area contributed by atoms with Crippen molar-refractivity contribution in [3.8, 4) is 5.75 Å². The Labute approximate surface area is 163 Å². The molecular weight excluding hydrogens is 366 g/mol. The predicted molar refractivity (Wildman–Crippen MR) is 106 cm³/mol. The van der Waals surface area contributed by atoms with Gasteiger partial charge >= 0.3 is 0 Å². The Morgan fingerprint density at radius 2 is 2.07 bits per heavy atom. The smallest absolute Gasteiger partial charge is 0.244 e. The van der Waals surface area contributed by atoms with Crippen molar-refractivity contribution in [2.75, 3.05) is 30.9 Å². The third-order valence-corrected chi connectivity index (χ3v) is 4.95. The first-order valence-corrected chi connectivity index (χ1v) is 9.01. The summed E-state index contributed by atoms with van der Waals surface area (Å²) in [6.07, 6.45) is 0. The number of anilines is 2. The maximum Gasteiger partial charge on any atom is 0.244 e. The van der Waals surface area contributed by atoms with E-state index >= 15 is 0 Å². The van der Waals surface area contributed by atoms with Gasteiger partial charge in [0.2, 0.25) is 11.8 Å². The van der Waals surface area contributed by atoms with Crippen molar-refractivity contribution in [3.05, 3.63) is 53.1 Å². The molecular formula is C20H22ClN3O3. The third kappa shape index (κ3) is 4.07. The van der Waals surface area contributed by atoms with Crippen molar-refractivity contribution in [2.24, 2.45) is 0 Å². The second-order valence-electron chi connectivity index (χ2n) is 6.54. The zero-order valence-electron chi connectivity index (χ0n) is 15.5. The van der Waals surface area contributed by atoms with Gasteiger partial charge in [-0.25, -0.2) is 0 Å². The van der Waals surface area contributed by atoms with Crippen LogP contribution in [0.4, 0.5) is 11.4 Å². The highest BCUT2D eigenvalue weighted by atomic mass is 35.5. The maximum absolute atomic E-state index is 13.1. The summed E-state index contributed by atoms with van der Waals surface area (Å²) in [5.74, 6) is 0.378. The number of nitrogens with zero attached hydrogens (tertiary/aromatic N) is 2. The minimum atomic E-state index is -0.437. The van der Waals surface area contributed by atoms with Crippen LogP contribution in [-0.4, -0.2) is 43.5 Å². The number of amides is 2. The second-order valence-corrected chi connectivity index (χ2v) is 6.97. The summed E-state index contributed by atoms with van der Waals surface area (Å²) in [6, 6.07) is 12.3. The summed E-state index contributed by atoms with van der Waals surface area (Å²) < 4.78 is 5.38. The molecule has 3 rings (SSSR count). The van der Waals surface area contributed by atoms with Gasteiger partial charge in [0.05, 0.1) is 24.5 Å². The lowest BCUT2D eigenvalue weighted by Gasteiger charge is -2.34. The molecule has 7 heteroatoms. The molecule has 2 aromatic rings. The monoisotopic (exact) mass is 387 g/mol. The van der Waals surface area contributed by atoms with Gasteiger partial charge in [-0.1, -0.05) is 23.7 Å². The Hall–Kier alpha value is -2.57. The number of nitrogens with one attached hydrogen (secondary N) is 1. The SMILES string of the molecule is COc1ccc(Cl)cc1CN(C)[C@@H](C)C(=O)N1CC(=O)Nc2ccccc21. The molecule has 0 spiro atoms. The zero-order valence-corrected chi connectivity index (χ0v) is 16.3. The van der Waals surface area contributed by atoms with E-state index < -0.39 is 6.04 Å². The molecule has 0 saturated heterocycles. The number of hydrogen-bond donors (Lipinski definition) is 1. The fraction of sp³-hybridized carbons (Fsp3) is 0.300. The summed E-state index contributed by atoms with van der Waals surface area (Å²) in [5, 5.41) is 3.41. The van der Waals surface area contributed by atoms with Crippen LogP contribution in [0, 0.1) is 0 Å². The third-order valence-electron chi connectivity index (χ3n) is 4.72. The number of halogens is 1. The molecule has 0 aliphatic carbocycles. The van der Waals surface area contributed by atoms with E-state index in [2.05, 4.69) is 5.32 Å². The quantitative estimate of drug-likeness (QED) is 0.856. The molecule has 2 amide bonds. The summed E-state index contributed by atoms with van der Waals surface area (Å²) in [6.45, 7) is 2.32. The van der Waals surface area contributed by atoms with Crippen molar-refractivity contribution < 1.29 is 14.3 Å². The van der Waals surface area contributed by atoms with E-state index in [9.17, 15) is 9.59 Å². The van der Waals surface area contributed by atoms with Crippen molar-refractivity contribution in [2.45, 2.75) is 19.5 Å². The van der Waals surface area contributed by atoms with Crippen LogP contribution in [-0.2, 0) is 16.1 Å². The standard InChI is InChI=1S/C20H22ClN3O3/c1-13(23(2)11-14-10-15(21)8-9-18(14)27-3)20(26)24-12-19(25)22-16-6-4-5-7-17(16)24/h4-10,13H,11-12H2,1-3H3,(H,22,25)/t13-/m0/s1. The topological polar surface area (TPSA) is 61.9 Å². The van der Waals surface area contributed by atoms with Crippen LogP contribution in [0.25, 0.3) is 0 Å². The van der Waals surface area contributed by atoms with Gasteiger partial charge < -0.3 is 10.1 Å². The highest BCUT2D eigenvalue weighted by Gasteiger charge is 2.31. The van der Waals surface area contributed by atoms with Crippen LogP contribution in [0.15, 0.2) is 42.5 Å². The summed E-state index contributed by atoms with van der Waals surface area (Å²) >= 11 is 6.10. The Morgan fingerprint density at radius 3 is 2.81 bits per heavy atom. The highest BCUT2D eigenvalue weighted by Crippen LogP contribution is 2.30. The van der Waals surface area contributed by atoms with Gasteiger partial charge in [-0.2, -0.15) is 0 Å². The van der Waals surface area contributed by atoms with Crippen molar-refractivity contribution in [1.29, 1.82) is 0 Å². The Morgan fingerprint density at radius 1 is 1.33 bits per heavy atom. The number of carbonyl (C=O) groups is 2. The van der Waals surface area contributed by atoms with Gasteiger partial charge in [-0.05, 0) is 44.3 Å². The molecule has 27 heavy (non-hydrogen) atoms. The summed E-state index contributed by atoms with van der Waals surface area (Å²) in [5.41, 5.74) is 2.25. The number of benzene rings is 2. The number of carbonyl (C=O) groups excluding carboxylic acids is 2. The number of ether oxygens (including phenoxy) is 1. The number of para-hydroxylation sites is 2. The molecule has 0 fully saturated rings. The van der Waals surface area contributed by atoms with Crippen LogP contribution >= 0.6 is 11.6 Å². The van der Waals surface area contributed by atoms with Gasteiger partial charge in [0, 0.05) is 17.1 Å². The molecule has 1 aliphatic heterocycles. The number of likely N-dealkylation sites (N-methyl/N-ethyl adjacent to an activating group) is 1. The molecule has 1 aliphatic rings. The Bertz CT molecular complexity index is 871. The van der Waals surface area contributed by atoms with Crippen LogP contribution in [0.5, 0.6) is 5.75 Å². The van der Waals surface area contributed by atoms with Gasteiger partial charge in [0.1, 0.15) is 12.3 Å². The second kappa shape index (κ2) is 7.98. The van der Waals surface area contributed by atoms with Crippen LogP contribution in [0.2, 0.25) is 5.02 Å². The molecule has 142 valence electrons. The molecule has 0 saturated carbocycles. The van der Waals surface area contributed by atoms with Crippen molar-refractivity contribution in [3.63, 3.8) is 0 Å². The lowest BCUT2D eigenvalue weighted by Crippen LogP contribution is -2.50. The molecule has 1 atom stereocenters. The normalized spacial score (nSPS) is 14.6. The molecule has 1 heterocycles. The largest absolute Gasteiger partial charge is 0.496 e. The zero-order chi connectivity index (χ0) is 19.6. The predicted octanol–water partition coefficient (Wildman–Crippen LogP) is 3.15. The number of rotatable bonds is 5. The lowest BCUT2D eigenvalue weighted by molar-refractivity contribution is -0.125. The molecule has 0 radical (unpaired) electrons. The first-order chi connectivity index (χ1) is 12.9. The fourth-order valence-electron chi connectivity index (χ4n) is 3.12. The summed E-state index contributed by atoms with van der Waals surface area (Å²) in [4.78, 5) is 28.5. The van der Waals surface area contributed by atoms with E-state index in [-0.39, 0.29) is 18.4 Å². The fourth-order valence-corrected chi connectivity index (χ4v) is 3.31. The van der Waals surface area contributed by atoms with E-state index in [1.165, 1.54) is 4.90 Å². The average molecular weight is 388 g/mol. The number of hydrogen-bond acceptors (Lipinski definition) is 4. The first kappa shape index (κ1) is 19.2. The summed E-state index contributed by atoms with van der Waals surface area (Å²) in [7, 11) is 3.46. The number of methoxy groups -OCH3 is 1. The Balaban J connectivity index is 1.79. The van der Waals surface area contributed by atoms with Crippen LogP contribution in [0.1, 0.15) is 12.5 Å². The molecule has 0 aromatic heterocycles. The first-order valence-electron chi connectivity index (χ1n) is 8.63. The van der Waals surface area contributed by atoms with Crippen molar-refractivity contribution in [1.82, 2.24) is 4.90 Å². The molecule has 2 aromatic carbocycles. The van der Waals surface area contributed by atoms with Gasteiger partial charge in [-0.15, -0.1) is 0 Å². The van der Waals surface area contributed by atoms with Crippen LogP contribution in [0.3, 0.4) is 0 Å². The molecule has 0 bridgehead atoms. The molecule has 6 nitrogen and oxygen atoms in total. The van der Waals surface area contributed by atoms with Gasteiger partial charge in [-0.3, -0.25) is 19.4 Å². The van der Waals surface area contributed by atoms with Gasteiger partial charge in [0.25, 0.3) is 0 Å². The minimum absolute atomic E-state index is 0.00845. The van der Waals surface area contributed by atoms with E-state index in [1.54, 1.807) is 19.2 Å². The average Bonchev–Trinajstić information content (AvgIpc) is 2.66. The lowest BCUT2D eigenvalue weighted by atomic mass is 10.1. The minimum Gasteiger partial charge on any atom is -0.496 e. The van der Waals surface area contributed by atoms with E-state index in [0.717, 1.165) is 5.56 Å². The van der Waals surface area contributed by atoms with Gasteiger partial charge in [0.15, 0.2) is 0 Å². The van der Waals surface area contributed by atoms with E-state index in [1.807, 2.05) is 49.2 Å². The highest BCUT2D eigenvalue weighted by molar-refractivity contribution is 6.30. The maximum atomic E-state index is 13.1. The molecule has 0 unspecified atom stereocenters. The number of fused-ring (bicyclic) bond motifs is 1.